The van der Waals surface area contributed by atoms with Crippen molar-refractivity contribution in [3.05, 3.63) is 28.7 Å². The van der Waals surface area contributed by atoms with Crippen LogP contribution in [0.3, 0.4) is 0 Å². The summed E-state index contributed by atoms with van der Waals surface area (Å²) in [7, 11) is 0. The van der Waals surface area contributed by atoms with Crippen molar-refractivity contribution in [2.45, 2.75) is 25.4 Å². The highest BCUT2D eigenvalue weighted by Gasteiger charge is 2.18. The van der Waals surface area contributed by atoms with Gasteiger partial charge < -0.3 is 4.74 Å². The first-order valence-electron chi connectivity index (χ1n) is 4.27. The molecule has 1 aliphatic rings. The average molecular weight is 264 g/mol. The first-order valence-corrected chi connectivity index (χ1v) is 5.06. The summed E-state index contributed by atoms with van der Waals surface area (Å²) in [5.41, 5.74) is 0. The normalized spacial score (nSPS) is 15.8. The minimum absolute atomic E-state index is 0. The Morgan fingerprint density at radius 1 is 1.15 bits per heavy atom. The van der Waals surface area contributed by atoms with E-state index >= 15 is 0 Å². The average Bonchev–Trinajstić information content (AvgIpc) is 2.00. The Morgan fingerprint density at radius 2 is 1.77 bits per heavy atom. The van der Waals surface area contributed by atoms with Crippen molar-refractivity contribution in [1.82, 2.24) is 0 Å². The Kier molecular flexibility index (Phi) is 4.07. The lowest BCUT2D eigenvalue weighted by molar-refractivity contribution is 0.120. The number of ether oxygens (including phenoxy) is 1. The highest BCUT2D eigenvalue weighted by molar-refractivity contribution is 9.10. The van der Waals surface area contributed by atoms with Crippen LogP contribution in [0.5, 0.6) is 5.75 Å². The maximum absolute atomic E-state index is 5.68. The molecule has 1 nitrogen and oxygen atoms in total. The molecule has 72 valence electrons. The number of hydrogen-bond donors (Lipinski definition) is 0. The summed E-state index contributed by atoms with van der Waals surface area (Å²) in [5.74, 6) is 0.989. The maximum atomic E-state index is 5.68. The predicted molar refractivity (Wildman–Crippen MR) is 59.7 cm³/mol. The van der Waals surface area contributed by atoms with E-state index in [2.05, 4.69) is 15.9 Å². The van der Waals surface area contributed by atoms with Crippen molar-refractivity contribution in [2.75, 3.05) is 0 Å². The van der Waals surface area contributed by atoms with E-state index in [0.717, 1.165) is 10.2 Å². The molecule has 1 fully saturated rings. The summed E-state index contributed by atoms with van der Waals surface area (Å²) in [6.45, 7) is 0. The SMILES string of the molecule is Brc1ccc(OC2CCC2)cc1.Cl. The van der Waals surface area contributed by atoms with Crippen molar-refractivity contribution in [1.29, 1.82) is 0 Å². The van der Waals surface area contributed by atoms with Gasteiger partial charge in [0, 0.05) is 4.47 Å². The highest BCUT2D eigenvalue weighted by atomic mass is 79.9. The molecule has 0 N–H and O–H groups in total. The Balaban J connectivity index is 0.000000845. The maximum Gasteiger partial charge on any atom is 0.119 e. The molecule has 1 aromatic carbocycles. The fourth-order valence-corrected chi connectivity index (χ4v) is 1.46. The molecule has 0 saturated heterocycles. The zero-order valence-electron chi connectivity index (χ0n) is 7.20. The van der Waals surface area contributed by atoms with Gasteiger partial charge in [-0.25, -0.2) is 0 Å². The first-order chi connectivity index (χ1) is 5.84. The monoisotopic (exact) mass is 262 g/mol. The molecule has 0 atom stereocenters. The van der Waals surface area contributed by atoms with Crippen LogP contribution in [-0.4, -0.2) is 6.10 Å². The molecular formula is C10H12BrClO. The third-order valence-electron chi connectivity index (χ3n) is 2.17. The van der Waals surface area contributed by atoms with Crippen LogP contribution < -0.4 is 4.74 Å². The standard InChI is InChI=1S/C10H11BrO.ClH/c11-8-4-6-10(7-5-8)12-9-2-1-3-9;/h4-7,9H,1-3H2;1H. The second-order valence-electron chi connectivity index (χ2n) is 3.12. The summed E-state index contributed by atoms with van der Waals surface area (Å²) in [4.78, 5) is 0. The summed E-state index contributed by atoms with van der Waals surface area (Å²) < 4.78 is 6.78. The van der Waals surface area contributed by atoms with Gasteiger partial charge in [0.2, 0.25) is 0 Å². The molecule has 1 saturated carbocycles. The van der Waals surface area contributed by atoms with Gasteiger partial charge >= 0.3 is 0 Å². The van der Waals surface area contributed by atoms with Crippen LogP contribution in [0.2, 0.25) is 0 Å². The molecule has 13 heavy (non-hydrogen) atoms. The highest BCUT2D eigenvalue weighted by Crippen LogP contribution is 2.25. The summed E-state index contributed by atoms with van der Waals surface area (Å²) in [5, 5.41) is 0. The van der Waals surface area contributed by atoms with E-state index in [-0.39, 0.29) is 12.4 Å². The summed E-state index contributed by atoms with van der Waals surface area (Å²) >= 11 is 3.39. The van der Waals surface area contributed by atoms with Crippen molar-refractivity contribution >= 4 is 28.3 Å². The fourth-order valence-electron chi connectivity index (χ4n) is 1.19. The lowest BCUT2D eigenvalue weighted by atomic mass is 9.96. The summed E-state index contributed by atoms with van der Waals surface area (Å²) in [6.07, 6.45) is 4.24. The lowest BCUT2D eigenvalue weighted by Gasteiger charge is -2.26. The van der Waals surface area contributed by atoms with Crippen LogP contribution in [0.4, 0.5) is 0 Å². The van der Waals surface area contributed by atoms with Gasteiger partial charge in [-0.15, -0.1) is 12.4 Å². The van der Waals surface area contributed by atoms with Gasteiger partial charge in [-0.2, -0.15) is 0 Å². The van der Waals surface area contributed by atoms with Gasteiger partial charge in [-0.05, 0) is 43.5 Å². The van der Waals surface area contributed by atoms with Crippen LogP contribution in [0.1, 0.15) is 19.3 Å². The van der Waals surface area contributed by atoms with Crippen molar-refractivity contribution in [3.63, 3.8) is 0 Å². The Hall–Kier alpha value is -0.210. The van der Waals surface area contributed by atoms with E-state index in [1.165, 1.54) is 19.3 Å². The van der Waals surface area contributed by atoms with E-state index in [1.807, 2.05) is 24.3 Å². The van der Waals surface area contributed by atoms with Gasteiger partial charge in [0.05, 0.1) is 6.10 Å². The van der Waals surface area contributed by atoms with E-state index in [1.54, 1.807) is 0 Å². The van der Waals surface area contributed by atoms with E-state index in [0.29, 0.717) is 6.10 Å². The Labute approximate surface area is 93.0 Å². The van der Waals surface area contributed by atoms with E-state index < -0.39 is 0 Å². The van der Waals surface area contributed by atoms with Gasteiger partial charge in [-0.3, -0.25) is 0 Å². The second-order valence-corrected chi connectivity index (χ2v) is 4.04. The number of rotatable bonds is 2. The topological polar surface area (TPSA) is 9.23 Å². The smallest absolute Gasteiger partial charge is 0.119 e. The van der Waals surface area contributed by atoms with Crippen molar-refractivity contribution < 1.29 is 4.74 Å². The van der Waals surface area contributed by atoms with Crippen molar-refractivity contribution in [3.8, 4) is 5.75 Å². The van der Waals surface area contributed by atoms with Gasteiger partial charge in [0.25, 0.3) is 0 Å². The molecule has 0 bridgehead atoms. The quantitative estimate of drug-likeness (QED) is 0.788. The lowest BCUT2D eigenvalue weighted by Crippen LogP contribution is -2.24. The van der Waals surface area contributed by atoms with Gasteiger partial charge in [0.15, 0.2) is 0 Å². The van der Waals surface area contributed by atoms with E-state index in [9.17, 15) is 0 Å². The molecule has 0 radical (unpaired) electrons. The zero-order valence-corrected chi connectivity index (χ0v) is 9.61. The van der Waals surface area contributed by atoms with Crippen LogP contribution in [-0.2, 0) is 0 Å². The van der Waals surface area contributed by atoms with E-state index in [4.69, 9.17) is 4.74 Å². The molecule has 0 heterocycles. The molecule has 3 heteroatoms. The Morgan fingerprint density at radius 3 is 2.23 bits per heavy atom. The van der Waals surface area contributed by atoms with Gasteiger partial charge in [-0.1, -0.05) is 15.9 Å². The second kappa shape index (κ2) is 4.87. The third kappa shape index (κ3) is 2.89. The fraction of sp³-hybridized carbons (Fsp3) is 0.400. The molecule has 1 aliphatic carbocycles. The number of benzene rings is 1. The van der Waals surface area contributed by atoms with Crippen LogP contribution in [0.15, 0.2) is 28.7 Å². The third-order valence-corrected chi connectivity index (χ3v) is 2.70. The molecule has 0 spiro atoms. The predicted octanol–water partition coefficient (Wildman–Crippen LogP) is 3.80. The number of hydrogen-bond acceptors (Lipinski definition) is 1. The minimum atomic E-state index is 0. The largest absolute Gasteiger partial charge is 0.490 e. The molecular weight excluding hydrogens is 251 g/mol. The molecule has 0 aliphatic heterocycles. The summed E-state index contributed by atoms with van der Waals surface area (Å²) in [6, 6.07) is 8.02. The molecule has 1 aromatic rings. The van der Waals surface area contributed by atoms with Crippen LogP contribution >= 0.6 is 28.3 Å². The van der Waals surface area contributed by atoms with Crippen LogP contribution in [0, 0.1) is 0 Å². The number of halogens is 2. The molecule has 0 aromatic heterocycles. The minimum Gasteiger partial charge on any atom is -0.490 e. The van der Waals surface area contributed by atoms with Crippen molar-refractivity contribution in [2.24, 2.45) is 0 Å². The van der Waals surface area contributed by atoms with Crippen LogP contribution in [0.25, 0.3) is 0 Å². The Bertz CT molecular complexity index is 256. The molecule has 0 unspecified atom stereocenters. The first kappa shape index (κ1) is 10.9. The zero-order chi connectivity index (χ0) is 8.39. The molecule has 2 rings (SSSR count). The molecule has 0 amide bonds. The van der Waals surface area contributed by atoms with Gasteiger partial charge in [0.1, 0.15) is 5.75 Å².